The molecule has 1 fully saturated rings. The highest BCUT2D eigenvalue weighted by molar-refractivity contribution is 7.89. The van der Waals surface area contributed by atoms with Crippen LogP contribution in [0.1, 0.15) is 6.42 Å². The van der Waals surface area contributed by atoms with Crippen molar-refractivity contribution in [3.63, 3.8) is 0 Å². The van der Waals surface area contributed by atoms with Crippen molar-refractivity contribution < 1.29 is 22.8 Å². The fourth-order valence-corrected chi connectivity index (χ4v) is 6.52. The molecule has 1 aliphatic heterocycles. The van der Waals surface area contributed by atoms with Crippen molar-refractivity contribution in [2.75, 3.05) is 56.7 Å². The first-order valence-corrected chi connectivity index (χ1v) is 15.9. The van der Waals surface area contributed by atoms with Gasteiger partial charge in [-0.1, -0.05) is 35.9 Å². The van der Waals surface area contributed by atoms with Crippen LogP contribution in [0.4, 0.5) is 17.1 Å². The molecule has 1 aliphatic rings. The number of aromatic nitrogens is 2. The summed E-state index contributed by atoms with van der Waals surface area (Å²) in [7, 11) is -2.25. The minimum atomic E-state index is -3.86. The van der Waals surface area contributed by atoms with Crippen LogP contribution in [0.2, 0.25) is 5.02 Å². The Balaban J connectivity index is 1.31. The van der Waals surface area contributed by atoms with E-state index in [9.17, 15) is 23.3 Å². The SMILES string of the molecule is COCCCNc1c(N2CCN(S(=O)(=O)c3ccc(Oc4c(Cl)cccc4[N+](=O)[O-])cc3)CC2)cnn(-c2ccccc2)c1=O. The zero-order chi connectivity index (χ0) is 32.0. The number of nitrogens with zero attached hydrogens (tertiary/aromatic N) is 5. The van der Waals surface area contributed by atoms with Crippen LogP contribution in [0, 0.1) is 10.1 Å². The van der Waals surface area contributed by atoms with Gasteiger partial charge in [-0.2, -0.15) is 14.1 Å². The number of nitro groups is 1. The zero-order valence-electron chi connectivity index (χ0n) is 24.3. The lowest BCUT2D eigenvalue weighted by molar-refractivity contribution is -0.385. The van der Waals surface area contributed by atoms with Crippen LogP contribution in [0.15, 0.2) is 88.7 Å². The molecule has 0 unspecified atom stereocenters. The predicted molar refractivity (Wildman–Crippen MR) is 170 cm³/mol. The summed E-state index contributed by atoms with van der Waals surface area (Å²) in [5.41, 5.74) is 0.993. The Morgan fingerprint density at radius 1 is 1.00 bits per heavy atom. The minimum absolute atomic E-state index is 0.0459. The third-order valence-corrected chi connectivity index (χ3v) is 9.40. The van der Waals surface area contributed by atoms with Gasteiger partial charge in [0, 0.05) is 52.5 Å². The van der Waals surface area contributed by atoms with Gasteiger partial charge in [-0.3, -0.25) is 14.9 Å². The number of hydrogen-bond donors (Lipinski definition) is 1. The summed E-state index contributed by atoms with van der Waals surface area (Å²) in [5, 5.41) is 19.1. The summed E-state index contributed by atoms with van der Waals surface area (Å²) in [5.74, 6) is 0.0626. The highest BCUT2D eigenvalue weighted by Gasteiger charge is 2.30. The number of halogens is 1. The van der Waals surface area contributed by atoms with Crippen LogP contribution >= 0.6 is 11.6 Å². The number of ether oxygens (including phenoxy) is 2. The molecule has 5 rings (SSSR count). The fourth-order valence-electron chi connectivity index (χ4n) is 4.89. The number of rotatable bonds is 12. The number of hydrogen-bond acceptors (Lipinski definition) is 10. The van der Waals surface area contributed by atoms with Crippen LogP contribution in [0.5, 0.6) is 11.5 Å². The van der Waals surface area contributed by atoms with Crippen molar-refractivity contribution in [3.8, 4) is 17.2 Å². The molecular weight excluding hydrogens is 624 g/mol. The van der Waals surface area contributed by atoms with Gasteiger partial charge in [-0.15, -0.1) is 0 Å². The molecule has 0 bridgehead atoms. The monoisotopic (exact) mass is 654 g/mol. The highest BCUT2D eigenvalue weighted by Crippen LogP contribution is 2.38. The van der Waals surface area contributed by atoms with Gasteiger partial charge in [0.2, 0.25) is 15.8 Å². The molecule has 45 heavy (non-hydrogen) atoms. The average molecular weight is 655 g/mol. The molecule has 4 aromatic rings. The van der Waals surface area contributed by atoms with E-state index in [0.717, 1.165) is 0 Å². The van der Waals surface area contributed by atoms with Crippen LogP contribution in [-0.2, 0) is 14.8 Å². The number of sulfonamides is 1. The second kappa shape index (κ2) is 14.1. The maximum atomic E-state index is 13.5. The van der Waals surface area contributed by atoms with Crippen molar-refractivity contribution in [1.29, 1.82) is 0 Å². The summed E-state index contributed by atoms with van der Waals surface area (Å²) in [6.07, 6.45) is 2.31. The van der Waals surface area contributed by atoms with Gasteiger partial charge < -0.3 is 19.7 Å². The number of para-hydroxylation sites is 2. The number of methoxy groups -OCH3 is 1. The average Bonchev–Trinajstić information content (AvgIpc) is 3.05. The maximum absolute atomic E-state index is 13.5. The molecular formula is C30H31ClN6O7S. The lowest BCUT2D eigenvalue weighted by Gasteiger charge is -2.36. The van der Waals surface area contributed by atoms with Gasteiger partial charge >= 0.3 is 5.69 Å². The first-order chi connectivity index (χ1) is 21.7. The number of benzene rings is 3. The molecule has 0 amide bonds. The van der Waals surface area contributed by atoms with Gasteiger partial charge in [0.1, 0.15) is 11.4 Å². The Kier molecular flexibility index (Phi) is 9.98. The van der Waals surface area contributed by atoms with Gasteiger partial charge in [-0.05, 0) is 48.9 Å². The second-order valence-electron chi connectivity index (χ2n) is 10.0. The smallest absolute Gasteiger partial charge is 0.313 e. The van der Waals surface area contributed by atoms with Crippen molar-refractivity contribution >= 4 is 38.7 Å². The van der Waals surface area contributed by atoms with E-state index in [4.69, 9.17) is 21.1 Å². The number of nitrogens with one attached hydrogen (secondary N) is 1. The lowest BCUT2D eigenvalue weighted by Crippen LogP contribution is -2.49. The lowest BCUT2D eigenvalue weighted by atomic mass is 10.2. The fraction of sp³-hybridized carbons (Fsp3) is 0.267. The first kappa shape index (κ1) is 31.9. The zero-order valence-corrected chi connectivity index (χ0v) is 25.9. The van der Waals surface area contributed by atoms with Crippen LogP contribution < -0.4 is 20.5 Å². The molecule has 1 aromatic heterocycles. The first-order valence-electron chi connectivity index (χ1n) is 14.1. The number of nitro benzene ring substituents is 1. The third kappa shape index (κ3) is 7.09. The summed E-state index contributed by atoms with van der Waals surface area (Å²) in [6, 6.07) is 18.9. The Morgan fingerprint density at radius 3 is 2.38 bits per heavy atom. The summed E-state index contributed by atoms with van der Waals surface area (Å²) >= 11 is 6.11. The molecule has 1 saturated heterocycles. The second-order valence-corrected chi connectivity index (χ2v) is 12.4. The summed E-state index contributed by atoms with van der Waals surface area (Å²) in [4.78, 5) is 26.3. The molecule has 236 valence electrons. The molecule has 0 atom stereocenters. The van der Waals surface area contributed by atoms with E-state index in [1.807, 2.05) is 23.1 Å². The van der Waals surface area contributed by atoms with E-state index in [2.05, 4.69) is 10.4 Å². The van der Waals surface area contributed by atoms with E-state index in [1.54, 1.807) is 25.4 Å². The van der Waals surface area contributed by atoms with E-state index in [-0.39, 0.29) is 45.8 Å². The van der Waals surface area contributed by atoms with Crippen molar-refractivity contribution in [1.82, 2.24) is 14.1 Å². The van der Waals surface area contributed by atoms with Crippen molar-refractivity contribution in [2.24, 2.45) is 0 Å². The topological polar surface area (TPSA) is 149 Å². The van der Waals surface area contributed by atoms with Gasteiger partial charge in [0.15, 0.2) is 0 Å². The quantitative estimate of drug-likeness (QED) is 0.131. The van der Waals surface area contributed by atoms with Crippen LogP contribution in [-0.4, -0.2) is 73.9 Å². The van der Waals surface area contributed by atoms with E-state index < -0.39 is 14.9 Å². The minimum Gasteiger partial charge on any atom is -0.449 e. The van der Waals surface area contributed by atoms with Gasteiger partial charge in [0.05, 0.1) is 32.4 Å². The molecule has 3 aromatic carbocycles. The van der Waals surface area contributed by atoms with Gasteiger partial charge in [0.25, 0.3) is 5.56 Å². The van der Waals surface area contributed by atoms with Crippen molar-refractivity contribution in [3.05, 3.63) is 104 Å². The molecule has 0 spiro atoms. The third-order valence-electron chi connectivity index (χ3n) is 7.19. The van der Waals surface area contributed by atoms with Gasteiger partial charge in [-0.25, -0.2) is 8.42 Å². The van der Waals surface area contributed by atoms with Crippen molar-refractivity contribution in [2.45, 2.75) is 11.3 Å². The normalized spacial score (nSPS) is 13.9. The van der Waals surface area contributed by atoms with E-state index >= 15 is 0 Å². The van der Waals surface area contributed by atoms with Crippen LogP contribution in [0.25, 0.3) is 5.69 Å². The highest BCUT2D eigenvalue weighted by atomic mass is 35.5. The number of piperazine rings is 1. The Hall–Kier alpha value is -4.50. The van der Waals surface area contributed by atoms with E-state index in [0.29, 0.717) is 49.7 Å². The summed E-state index contributed by atoms with van der Waals surface area (Å²) < 4.78 is 40.5. The molecule has 13 nitrogen and oxygen atoms in total. The number of anilines is 2. The molecule has 2 heterocycles. The standard InChI is InChI=1S/C30H31ClN6O7S/c1-43-20-6-15-32-28-27(21-33-36(30(28)38)22-7-3-2-4-8-22)34-16-18-35(19-17-34)45(41,42)24-13-11-23(12-14-24)44-29-25(31)9-5-10-26(29)37(39)40/h2-5,7-14,21,32H,6,15-20H2,1H3. The molecule has 15 heteroatoms. The Bertz CT molecular complexity index is 1810. The largest absolute Gasteiger partial charge is 0.449 e. The molecule has 0 radical (unpaired) electrons. The predicted octanol–water partition coefficient (Wildman–Crippen LogP) is 4.55. The Morgan fingerprint density at radius 2 is 1.71 bits per heavy atom. The molecule has 0 saturated carbocycles. The molecule has 0 aliphatic carbocycles. The van der Waals surface area contributed by atoms with E-state index in [1.165, 1.54) is 51.5 Å². The molecule has 1 N–H and O–H groups in total. The summed E-state index contributed by atoms with van der Waals surface area (Å²) in [6.45, 7) is 2.06. The Labute approximate surface area is 264 Å². The van der Waals surface area contributed by atoms with Crippen LogP contribution in [0.3, 0.4) is 0 Å². The maximum Gasteiger partial charge on any atom is 0.313 e.